The van der Waals surface area contributed by atoms with Gasteiger partial charge in [-0.15, -0.1) is 11.3 Å². The van der Waals surface area contributed by atoms with Crippen LogP contribution in [0.3, 0.4) is 0 Å². The van der Waals surface area contributed by atoms with E-state index >= 15 is 0 Å². The predicted molar refractivity (Wildman–Crippen MR) is 94.1 cm³/mol. The number of aliphatic hydroxyl groups is 1. The van der Waals surface area contributed by atoms with E-state index in [0.29, 0.717) is 21.7 Å². The summed E-state index contributed by atoms with van der Waals surface area (Å²) in [6, 6.07) is 9.21. The summed E-state index contributed by atoms with van der Waals surface area (Å²) < 4.78 is 0. The zero-order valence-corrected chi connectivity index (χ0v) is 13.7. The number of ketones is 1. The molecule has 1 N–H and O–H groups in total. The average Bonchev–Trinajstić information content (AvgIpc) is 3.09. The largest absolute Gasteiger partial charge is 0.506 e. The fourth-order valence-corrected chi connectivity index (χ4v) is 4.47. The van der Waals surface area contributed by atoms with Crippen LogP contribution in [0.1, 0.15) is 44.8 Å². The van der Waals surface area contributed by atoms with Crippen molar-refractivity contribution in [2.45, 2.75) is 25.7 Å². The first kappa shape index (κ1) is 14.9. The molecule has 0 radical (unpaired) electrons. The second-order valence-electron chi connectivity index (χ2n) is 5.90. The minimum absolute atomic E-state index is 0.0424. The highest BCUT2D eigenvalue weighted by atomic mass is 32.1. The lowest BCUT2D eigenvalue weighted by molar-refractivity contribution is 0.104. The highest BCUT2D eigenvalue weighted by Crippen LogP contribution is 2.39. The lowest BCUT2D eigenvalue weighted by atomic mass is 9.96. The van der Waals surface area contributed by atoms with Crippen molar-refractivity contribution in [2.24, 2.45) is 4.99 Å². The first-order chi connectivity index (χ1) is 11.7. The number of rotatable bonds is 2. The monoisotopic (exact) mass is 334 g/mol. The fraction of sp³-hybridized carbons (Fsp3) is 0.211. The summed E-state index contributed by atoms with van der Waals surface area (Å²) in [6.07, 6.45) is 5.55. The Bertz CT molecular complexity index is 960. The molecule has 2 aromatic rings. The van der Waals surface area contributed by atoms with Gasteiger partial charge in [0.05, 0.1) is 11.1 Å². The number of Topliss-reactive ketones (excluding diaryl/α,β-unsaturated/α-hetero) is 1. The summed E-state index contributed by atoms with van der Waals surface area (Å²) in [5.41, 5.74) is 2.94. The molecule has 4 nitrogen and oxygen atoms in total. The second kappa shape index (κ2) is 5.73. The van der Waals surface area contributed by atoms with Crippen LogP contribution >= 0.6 is 11.3 Å². The number of aliphatic hydroxyl groups excluding tert-OH is 1. The molecule has 0 amide bonds. The van der Waals surface area contributed by atoms with Gasteiger partial charge in [0.25, 0.3) is 0 Å². The SMILES string of the molecule is N#Cc1c(N=CC2=C(O)c3ccccc3C2=O)sc2c1CCCC2. The van der Waals surface area contributed by atoms with Crippen LogP contribution in [-0.2, 0) is 12.8 Å². The van der Waals surface area contributed by atoms with E-state index < -0.39 is 0 Å². The second-order valence-corrected chi connectivity index (χ2v) is 6.98. The standard InChI is InChI=1S/C19H14N2O2S/c20-9-14-11-5-3-4-8-16(11)24-19(14)21-10-15-17(22)12-6-1-2-7-13(12)18(15)23/h1-2,6-7,10,22H,3-5,8H2. The molecule has 4 rings (SSSR count). The van der Waals surface area contributed by atoms with Gasteiger partial charge in [0.15, 0.2) is 5.78 Å². The quantitative estimate of drug-likeness (QED) is 0.829. The van der Waals surface area contributed by atoms with E-state index in [9.17, 15) is 15.2 Å². The summed E-state index contributed by atoms with van der Waals surface area (Å²) in [5.74, 6) is -0.272. The molecular weight excluding hydrogens is 320 g/mol. The Morgan fingerprint density at radius 3 is 2.71 bits per heavy atom. The topological polar surface area (TPSA) is 73.4 Å². The number of hydrogen-bond donors (Lipinski definition) is 1. The van der Waals surface area contributed by atoms with E-state index in [-0.39, 0.29) is 17.1 Å². The molecule has 0 saturated carbocycles. The lowest BCUT2D eigenvalue weighted by Gasteiger charge is -2.09. The van der Waals surface area contributed by atoms with Gasteiger partial charge in [-0.3, -0.25) is 4.79 Å². The summed E-state index contributed by atoms with van der Waals surface area (Å²) in [4.78, 5) is 18.0. The lowest BCUT2D eigenvalue weighted by Crippen LogP contribution is -2.00. The van der Waals surface area contributed by atoms with E-state index in [1.807, 2.05) is 0 Å². The first-order valence-corrected chi connectivity index (χ1v) is 8.68. The number of benzene rings is 1. The van der Waals surface area contributed by atoms with Crippen molar-refractivity contribution in [1.82, 2.24) is 0 Å². The van der Waals surface area contributed by atoms with Crippen molar-refractivity contribution in [3.63, 3.8) is 0 Å². The molecule has 24 heavy (non-hydrogen) atoms. The molecule has 2 aliphatic rings. The van der Waals surface area contributed by atoms with Crippen molar-refractivity contribution < 1.29 is 9.90 Å². The molecule has 0 unspecified atom stereocenters. The third-order valence-corrected chi connectivity index (χ3v) is 5.70. The number of thiophene rings is 1. The number of aliphatic imine (C=N–C) groups is 1. The number of aryl methyl sites for hydroxylation is 1. The number of carbonyl (C=O) groups excluding carboxylic acids is 1. The van der Waals surface area contributed by atoms with Gasteiger partial charge in [-0.2, -0.15) is 5.26 Å². The van der Waals surface area contributed by atoms with Crippen molar-refractivity contribution in [3.8, 4) is 6.07 Å². The Balaban J connectivity index is 1.73. The Morgan fingerprint density at radius 2 is 1.96 bits per heavy atom. The fourth-order valence-electron chi connectivity index (χ4n) is 3.29. The smallest absolute Gasteiger partial charge is 0.199 e. The zero-order chi connectivity index (χ0) is 16.7. The molecule has 0 aliphatic heterocycles. The molecule has 0 saturated heterocycles. The number of nitriles is 1. The van der Waals surface area contributed by atoms with Crippen molar-refractivity contribution in [3.05, 3.63) is 57.0 Å². The maximum Gasteiger partial charge on any atom is 0.199 e. The van der Waals surface area contributed by atoms with Gasteiger partial charge in [0.2, 0.25) is 0 Å². The van der Waals surface area contributed by atoms with E-state index in [2.05, 4.69) is 11.1 Å². The number of allylic oxidation sites excluding steroid dienone is 1. The Morgan fingerprint density at radius 1 is 1.21 bits per heavy atom. The molecule has 5 heteroatoms. The summed E-state index contributed by atoms with van der Waals surface area (Å²) in [6.45, 7) is 0. The number of nitrogens with zero attached hydrogens (tertiary/aromatic N) is 2. The number of fused-ring (bicyclic) bond motifs is 2. The first-order valence-electron chi connectivity index (χ1n) is 7.86. The van der Waals surface area contributed by atoms with Gasteiger partial charge >= 0.3 is 0 Å². The van der Waals surface area contributed by atoms with Crippen LogP contribution in [0.15, 0.2) is 34.8 Å². The van der Waals surface area contributed by atoms with Crippen molar-refractivity contribution >= 4 is 34.1 Å². The van der Waals surface area contributed by atoms with Crippen molar-refractivity contribution in [2.75, 3.05) is 0 Å². The van der Waals surface area contributed by atoms with Gasteiger partial charge in [0.1, 0.15) is 16.8 Å². The Labute approximate surface area is 143 Å². The van der Waals surface area contributed by atoms with E-state index in [0.717, 1.165) is 31.2 Å². The maximum atomic E-state index is 12.4. The van der Waals surface area contributed by atoms with Crippen LogP contribution in [0.2, 0.25) is 0 Å². The zero-order valence-electron chi connectivity index (χ0n) is 12.9. The van der Waals surface area contributed by atoms with Gasteiger partial charge in [-0.1, -0.05) is 24.3 Å². The predicted octanol–water partition coefficient (Wildman–Crippen LogP) is 4.37. The highest BCUT2D eigenvalue weighted by Gasteiger charge is 2.28. The highest BCUT2D eigenvalue weighted by molar-refractivity contribution is 7.16. The third kappa shape index (κ3) is 2.19. The number of carbonyl (C=O) groups is 1. The molecule has 118 valence electrons. The van der Waals surface area contributed by atoms with Crippen LogP contribution in [0.4, 0.5) is 5.00 Å². The average molecular weight is 334 g/mol. The van der Waals surface area contributed by atoms with E-state index in [1.165, 1.54) is 22.4 Å². The molecule has 2 aliphatic carbocycles. The van der Waals surface area contributed by atoms with Crippen molar-refractivity contribution in [1.29, 1.82) is 5.26 Å². The minimum atomic E-state index is -0.230. The minimum Gasteiger partial charge on any atom is -0.506 e. The summed E-state index contributed by atoms with van der Waals surface area (Å²) in [5, 5.41) is 20.4. The van der Waals surface area contributed by atoms with Gasteiger partial charge in [-0.25, -0.2) is 4.99 Å². The van der Waals surface area contributed by atoms with Crippen LogP contribution in [-0.4, -0.2) is 17.1 Å². The Hall–Kier alpha value is -2.71. The normalized spacial score (nSPS) is 16.4. The number of hydrogen-bond acceptors (Lipinski definition) is 5. The third-order valence-electron chi connectivity index (χ3n) is 4.50. The maximum absolute atomic E-state index is 12.4. The van der Waals surface area contributed by atoms with E-state index in [4.69, 9.17) is 0 Å². The van der Waals surface area contributed by atoms with Crippen LogP contribution in [0, 0.1) is 11.3 Å². The molecule has 1 aromatic heterocycles. The summed E-state index contributed by atoms with van der Waals surface area (Å²) >= 11 is 1.52. The Kier molecular flexibility index (Phi) is 3.55. The molecule has 0 bridgehead atoms. The van der Waals surface area contributed by atoms with Gasteiger partial charge in [0, 0.05) is 22.2 Å². The van der Waals surface area contributed by atoms with E-state index in [1.54, 1.807) is 24.3 Å². The summed E-state index contributed by atoms with van der Waals surface area (Å²) in [7, 11) is 0. The molecule has 0 atom stereocenters. The van der Waals surface area contributed by atoms with Crippen LogP contribution in [0.5, 0.6) is 0 Å². The van der Waals surface area contributed by atoms with Crippen LogP contribution in [0.25, 0.3) is 5.76 Å². The van der Waals surface area contributed by atoms with Gasteiger partial charge in [-0.05, 0) is 31.2 Å². The molecule has 1 heterocycles. The molecule has 0 spiro atoms. The van der Waals surface area contributed by atoms with Gasteiger partial charge < -0.3 is 5.11 Å². The van der Waals surface area contributed by atoms with Crippen LogP contribution < -0.4 is 0 Å². The molecule has 1 aromatic carbocycles. The molecular formula is C19H14N2O2S. The molecule has 0 fully saturated rings.